The molecule has 2 aliphatic rings. The fourth-order valence-electron chi connectivity index (χ4n) is 3.66. The molecule has 3 heterocycles. The zero-order valence-corrected chi connectivity index (χ0v) is 15.2. The van der Waals surface area contributed by atoms with Gasteiger partial charge < -0.3 is 15.0 Å². The molecule has 0 saturated carbocycles. The largest absolute Gasteiger partial charge is 0.482 e. The second-order valence-corrected chi connectivity index (χ2v) is 6.97. The Morgan fingerprint density at radius 1 is 1.31 bits per heavy atom. The van der Waals surface area contributed by atoms with Gasteiger partial charge in [-0.2, -0.15) is 5.10 Å². The van der Waals surface area contributed by atoms with E-state index in [1.54, 1.807) is 4.68 Å². The number of likely N-dealkylation sites (tertiary alicyclic amines) is 1. The van der Waals surface area contributed by atoms with Crippen LogP contribution in [0.4, 0.5) is 10.5 Å². The number of urea groups is 1. The van der Waals surface area contributed by atoms with Gasteiger partial charge >= 0.3 is 6.03 Å². The minimum atomic E-state index is -0.298. The van der Waals surface area contributed by atoms with Crippen LogP contribution in [0.5, 0.6) is 5.75 Å². The number of aromatic nitrogens is 2. The van der Waals surface area contributed by atoms with Crippen LogP contribution in [0.2, 0.25) is 0 Å². The Hall–Kier alpha value is -2.76. The van der Waals surface area contributed by atoms with E-state index in [9.17, 15) is 4.79 Å². The molecule has 0 bridgehead atoms. The van der Waals surface area contributed by atoms with Crippen molar-refractivity contribution >= 4 is 17.8 Å². The zero-order valence-electron chi connectivity index (χ0n) is 15.2. The smallest absolute Gasteiger partial charge is 0.321 e. The molecule has 0 radical (unpaired) electrons. The molecule has 1 aromatic heterocycles. The van der Waals surface area contributed by atoms with E-state index in [0.29, 0.717) is 13.1 Å². The average molecular weight is 352 g/mol. The molecule has 6 heteroatoms. The van der Waals surface area contributed by atoms with Crippen LogP contribution in [-0.2, 0) is 13.5 Å². The van der Waals surface area contributed by atoms with Crippen molar-refractivity contribution in [3.63, 3.8) is 0 Å². The summed E-state index contributed by atoms with van der Waals surface area (Å²) in [5.41, 5.74) is 2.52. The Labute approximate surface area is 153 Å². The lowest BCUT2D eigenvalue weighted by molar-refractivity contribution is 0.0518. The highest BCUT2D eigenvalue weighted by atomic mass is 16.5. The molecule has 0 atom stereocenters. The highest BCUT2D eigenvalue weighted by molar-refractivity contribution is 5.89. The number of nitrogens with zero attached hydrogens (tertiary/aromatic N) is 3. The van der Waals surface area contributed by atoms with Gasteiger partial charge in [-0.15, -0.1) is 0 Å². The summed E-state index contributed by atoms with van der Waals surface area (Å²) in [6, 6.07) is 8.01. The Kier molecular flexibility index (Phi) is 4.18. The molecule has 1 spiro atoms. The van der Waals surface area contributed by atoms with Gasteiger partial charge in [0.25, 0.3) is 0 Å². The summed E-state index contributed by atoms with van der Waals surface area (Å²) in [6.07, 6.45) is 8.51. The van der Waals surface area contributed by atoms with Gasteiger partial charge in [-0.25, -0.2) is 4.79 Å². The van der Waals surface area contributed by atoms with Crippen molar-refractivity contribution in [3.05, 3.63) is 47.8 Å². The number of anilines is 1. The van der Waals surface area contributed by atoms with E-state index in [1.165, 1.54) is 0 Å². The molecule has 136 valence electrons. The maximum Gasteiger partial charge on any atom is 0.321 e. The minimum absolute atomic E-state index is 0.0669. The Bertz CT molecular complexity index is 847. The number of para-hydroxylation sites is 1. The summed E-state index contributed by atoms with van der Waals surface area (Å²) in [6.45, 7) is 3.37. The number of amides is 2. The number of aryl methyl sites for hydroxylation is 2. The van der Waals surface area contributed by atoms with Gasteiger partial charge in [0.05, 0.1) is 11.4 Å². The molecular weight excluding hydrogens is 328 g/mol. The van der Waals surface area contributed by atoms with Gasteiger partial charge in [-0.05, 0) is 18.6 Å². The van der Waals surface area contributed by atoms with Gasteiger partial charge in [-0.3, -0.25) is 4.68 Å². The molecule has 4 rings (SSSR count). The fourth-order valence-corrected chi connectivity index (χ4v) is 3.66. The predicted molar refractivity (Wildman–Crippen MR) is 101 cm³/mol. The summed E-state index contributed by atoms with van der Waals surface area (Å²) in [5, 5.41) is 7.38. The lowest BCUT2D eigenvalue weighted by atomic mass is 9.88. The van der Waals surface area contributed by atoms with Gasteiger partial charge in [0.15, 0.2) is 0 Å². The molecule has 2 amide bonds. The van der Waals surface area contributed by atoms with Crippen molar-refractivity contribution in [2.24, 2.45) is 7.05 Å². The van der Waals surface area contributed by atoms with Crippen LogP contribution in [0.15, 0.2) is 36.5 Å². The summed E-state index contributed by atoms with van der Waals surface area (Å²) in [7, 11) is 1.87. The standard InChI is InChI=1S/C20H24N4O2/c1-3-16-17(14-23(2)22-16)21-19(25)24-12-10-20(11-13-24)9-8-15-6-4-5-7-18(15)26-20/h4-9,14H,3,10-13H2,1-2H3,(H,21,25). The number of rotatable bonds is 2. The van der Waals surface area contributed by atoms with Crippen molar-refractivity contribution in [1.29, 1.82) is 0 Å². The molecule has 1 saturated heterocycles. The molecule has 1 aromatic carbocycles. The van der Waals surface area contributed by atoms with E-state index >= 15 is 0 Å². The normalized spacial score (nSPS) is 17.7. The highest BCUT2D eigenvalue weighted by Gasteiger charge is 2.38. The van der Waals surface area contributed by atoms with Crippen LogP contribution in [0.3, 0.4) is 0 Å². The van der Waals surface area contributed by atoms with Crippen molar-refractivity contribution in [2.75, 3.05) is 18.4 Å². The molecule has 2 aromatic rings. The number of carbonyl (C=O) groups excluding carboxylic acids is 1. The van der Waals surface area contributed by atoms with E-state index in [0.717, 1.165) is 42.0 Å². The third-order valence-corrected chi connectivity index (χ3v) is 5.18. The number of hydrogen-bond acceptors (Lipinski definition) is 3. The van der Waals surface area contributed by atoms with Crippen LogP contribution in [0.1, 0.15) is 31.0 Å². The summed E-state index contributed by atoms with van der Waals surface area (Å²) in [4.78, 5) is 14.5. The Morgan fingerprint density at radius 2 is 2.08 bits per heavy atom. The number of ether oxygens (including phenoxy) is 1. The number of hydrogen-bond donors (Lipinski definition) is 1. The predicted octanol–water partition coefficient (Wildman–Crippen LogP) is 3.45. The molecule has 1 fully saturated rings. The first kappa shape index (κ1) is 16.7. The Balaban J connectivity index is 1.40. The molecule has 2 aliphatic heterocycles. The lowest BCUT2D eigenvalue weighted by Gasteiger charge is -2.41. The second-order valence-electron chi connectivity index (χ2n) is 6.97. The van der Waals surface area contributed by atoms with E-state index in [4.69, 9.17) is 4.74 Å². The fraction of sp³-hybridized carbons (Fsp3) is 0.400. The number of nitrogens with one attached hydrogen (secondary N) is 1. The van der Waals surface area contributed by atoms with Crippen molar-refractivity contribution < 1.29 is 9.53 Å². The third kappa shape index (κ3) is 3.07. The molecule has 6 nitrogen and oxygen atoms in total. The minimum Gasteiger partial charge on any atom is -0.482 e. The molecular formula is C20H24N4O2. The summed E-state index contributed by atoms with van der Waals surface area (Å²) >= 11 is 0. The lowest BCUT2D eigenvalue weighted by Crippen LogP contribution is -2.50. The first-order chi connectivity index (χ1) is 12.6. The van der Waals surface area contributed by atoms with Crippen molar-refractivity contribution in [3.8, 4) is 5.75 Å². The summed E-state index contributed by atoms with van der Waals surface area (Å²) in [5.74, 6) is 0.927. The van der Waals surface area contributed by atoms with Crippen LogP contribution in [0, 0.1) is 0 Å². The average Bonchev–Trinajstić information content (AvgIpc) is 3.01. The van der Waals surface area contributed by atoms with Crippen LogP contribution in [0.25, 0.3) is 6.08 Å². The van der Waals surface area contributed by atoms with E-state index in [2.05, 4.69) is 28.6 Å². The third-order valence-electron chi connectivity index (χ3n) is 5.18. The van der Waals surface area contributed by atoms with Crippen LogP contribution >= 0.6 is 0 Å². The topological polar surface area (TPSA) is 59.4 Å². The monoisotopic (exact) mass is 352 g/mol. The van der Waals surface area contributed by atoms with Crippen LogP contribution < -0.4 is 10.1 Å². The molecule has 26 heavy (non-hydrogen) atoms. The maximum atomic E-state index is 12.6. The summed E-state index contributed by atoms with van der Waals surface area (Å²) < 4.78 is 8.02. The zero-order chi connectivity index (χ0) is 18.1. The first-order valence-electron chi connectivity index (χ1n) is 9.14. The quantitative estimate of drug-likeness (QED) is 0.900. The molecule has 1 N–H and O–H groups in total. The number of piperidine rings is 1. The van der Waals surface area contributed by atoms with Gasteiger partial charge in [-0.1, -0.05) is 31.2 Å². The highest BCUT2D eigenvalue weighted by Crippen LogP contribution is 2.37. The second kappa shape index (κ2) is 6.52. The number of carbonyl (C=O) groups is 1. The van der Waals surface area contributed by atoms with Crippen molar-refractivity contribution in [1.82, 2.24) is 14.7 Å². The van der Waals surface area contributed by atoms with Gasteiger partial charge in [0.1, 0.15) is 11.4 Å². The van der Waals surface area contributed by atoms with E-state index in [-0.39, 0.29) is 11.6 Å². The maximum absolute atomic E-state index is 12.6. The van der Waals surface area contributed by atoms with E-state index < -0.39 is 0 Å². The van der Waals surface area contributed by atoms with Gasteiger partial charge in [0.2, 0.25) is 0 Å². The molecule has 0 aliphatic carbocycles. The Morgan fingerprint density at radius 3 is 2.85 bits per heavy atom. The van der Waals surface area contributed by atoms with Gasteiger partial charge in [0, 0.05) is 44.7 Å². The first-order valence-corrected chi connectivity index (χ1v) is 9.14. The van der Waals surface area contributed by atoms with E-state index in [1.807, 2.05) is 43.3 Å². The molecule has 0 unspecified atom stereocenters. The van der Waals surface area contributed by atoms with Crippen molar-refractivity contribution in [2.45, 2.75) is 31.8 Å². The van der Waals surface area contributed by atoms with Crippen LogP contribution in [-0.4, -0.2) is 39.4 Å². The number of benzene rings is 1. The SMILES string of the molecule is CCc1nn(C)cc1NC(=O)N1CCC2(C=Cc3ccccc3O2)CC1. The number of fused-ring (bicyclic) bond motifs is 1.